The fourth-order valence-electron chi connectivity index (χ4n) is 14.2. The lowest BCUT2D eigenvalue weighted by molar-refractivity contribution is -0.137. The molecule has 792 valence electrons. The standard InChI is InChI=1S/C83H140N34O19S6/c1-6-42(4)61-77(135)115-58-40-142-139-37-55(114-70(128)52(32-44-17-8-7-9-18-44)103-60(120)34-101-64(122)46(21-13-27-96-80(87)88)108-78(136)62(43(5)118)117-76(58)134)73(131)107-49(23-15-29-98-82(91)92)67(125)111-56-38-140-141-39-57(75(133)116-61)112-68(126)50(24-16-30-99-83(93)94)106-71(129)53-35-137-138-36-54(113-69(127)51(31-41(2)3)109-74(56)132)72(130)105-48(22-14-28-97-81(89)90)66(124)104-45(20-12-26-95-79(85)86)63(121)100-33-59(119)102-47(65(123)110-53)19-10-11-25-84/h7-9,17-18,41-43,45-58,61-62,118H,6,10-16,19-40,84H2,1-5H3,(H,100,121)(H,101,122)(H,102,119)(H,103,120)(H,104,124)(H,105,130)(H,106,129)(H,107,131)(H,108,136)(H,109,132)(H,110,123)(H,111,125)(H,112,126)(H,113,127)(H,114,128)(H,115,135)(H,116,133)(H,117,134)(H4,85,86,95)(H4,87,88,96)(H4,89,90,97)(H4,91,92,98)(H4,93,94,99)/t42-,43+,45-,46-,47-,48-,49-,50-,51-,52-,53-,54-,55-,56-,57-,58-,61-,62-/m0/s1. The third kappa shape index (κ3) is 45.5. The molecule has 18 amide bonds. The molecule has 5 rings (SSSR count). The number of hydrogen-bond donors (Lipinski definition) is 35. The zero-order valence-corrected chi connectivity index (χ0v) is 84.7. The van der Waals surface area contributed by atoms with Crippen LogP contribution < -0.4 is 157 Å². The summed E-state index contributed by atoms with van der Waals surface area (Å²) >= 11 is 0. The number of aliphatic hydroxyl groups is 1. The van der Waals surface area contributed by atoms with Crippen molar-refractivity contribution in [3.63, 3.8) is 0 Å². The molecule has 4 saturated heterocycles. The molecule has 59 heteroatoms. The maximum absolute atomic E-state index is 15.7. The van der Waals surface area contributed by atoms with Gasteiger partial charge >= 0.3 is 0 Å². The number of nitrogens with two attached hydrogens (primary N) is 6. The number of unbranched alkanes of at least 4 members (excludes halogenated alkanes) is 1. The van der Waals surface area contributed by atoms with E-state index in [0.717, 1.165) is 71.7 Å². The first kappa shape index (κ1) is 121. The van der Waals surface area contributed by atoms with Gasteiger partial charge in [0.15, 0.2) is 29.8 Å². The van der Waals surface area contributed by atoms with E-state index >= 15 is 52.7 Å². The molecule has 0 aliphatic carbocycles. The Kier molecular flexibility index (Phi) is 54.8. The predicted molar refractivity (Wildman–Crippen MR) is 541 cm³/mol. The van der Waals surface area contributed by atoms with Gasteiger partial charge in [0.05, 0.1) is 19.2 Å². The Labute approximate surface area is 845 Å². The molecule has 0 aromatic heterocycles. The molecule has 4 aliphatic rings. The van der Waals surface area contributed by atoms with Crippen molar-refractivity contribution in [1.29, 1.82) is 27.0 Å². The van der Waals surface area contributed by atoms with Gasteiger partial charge in [-0.3, -0.25) is 113 Å². The molecular formula is C83H140N34O19S6. The van der Waals surface area contributed by atoms with Gasteiger partial charge in [-0.1, -0.05) is 129 Å². The van der Waals surface area contributed by atoms with Crippen molar-refractivity contribution in [2.75, 3.05) is 86.9 Å². The van der Waals surface area contributed by atoms with E-state index in [4.69, 9.17) is 61.4 Å². The molecule has 0 unspecified atom stereocenters. The number of hydrogen-bond acceptors (Lipinski definition) is 31. The number of amides is 18. The number of nitrogens with one attached hydrogen (secondary N) is 28. The van der Waals surface area contributed by atoms with Crippen LogP contribution in [0.4, 0.5) is 0 Å². The van der Waals surface area contributed by atoms with E-state index < -0.39 is 298 Å². The Balaban J connectivity index is 1.87. The second-order valence-corrected chi connectivity index (χ2v) is 41.9. The quantitative estimate of drug-likeness (QED) is 0.0142. The Hall–Kier alpha value is -11.9. The molecule has 18 atom stereocenters. The van der Waals surface area contributed by atoms with Crippen LogP contribution in [-0.4, -0.2) is 331 Å². The molecular weight excluding hydrogens is 1970 g/mol. The van der Waals surface area contributed by atoms with Gasteiger partial charge in [0.1, 0.15) is 96.7 Å². The van der Waals surface area contributed by atoms with Crippen LogP contribution in [0.3, 0.4) is 0 Å². The average Bonchev–Trinajstić information content (AvgIpc) is 0.839. The van der Waals surface area contributed by atoms with Crippen molar-refractivity contribution < 1.29 is 91.4 Å². The van der Waals surface area contributed by atoms with Gasteiger partial charge in [0.25, 0.3) is 0 Å². The molecule has 6 bridgehead atoms. The average molecular weight is 2110 g/mol. The van der Waals surface area contributed by atoms with E-state index in [9.17, 15) is 38.7 Å². The fourth-order valence-corrected chi connectivity index (χ4v) is 21.2. The van der Waals surface area contributed by atoms with Crippen molar-refractivity contribution in [1.82, 2.24) is 122 Å². The van der Waals surface area contributed by atoms with Gasteiger partial charge < -0.3 is 162 Å². The normalized spacial score (nSPS) is 25.8. The van der Waals surface area contributed by atoms with Crippen LogP contribution in [0.1, 0.15) is 136 Å². The van der Waals surface area contributed by atoms with Crippen molar-refractivity contribution in [3.05, 3.63) is 35.9 Å². The number of guanidine groups is 5. The van der Waals surface area contributed by atoms with Crippen LogP contribution >= 0.6 is 64.8 Å². The van der Waals surface area contributed by atoms with E-state index in [-0.39, 0.29) is 136 Å². The van der Waals surface area contributed by atoms with E-state index in [0.29, 0.717) is 12.0 Å². The topological polar surface area (TPSA) is 880 Å². The minimum Gasteiger partial charge on any atom is -0.391 e. The lowest BCUT2D eigenvalue weighted by atomic mass is 9.97. The molecule has 142 heavy (non-hydrogen) atoms. The summed E-state index contributed by atoms with van der Waals surface area (Å²) in [6, 6.07) is -18.9. The van der Waals surface area contributed by atoms with Crippen LogP contribution in [0.5, 0.6) is 0 Å². The number of aliphatic hydroxyl groups excluding tert-OH is 1. The van der Waals surface area contributed by atoms with Crippen molar-refractivity contribution in [3.8, 4) is 0 Å². The summed E-state index contributed by atoms with van der Waals surface area (Å²) in [5.74, 6) is -25.8. The Morgan fingerprint density at radius 3 is 0.915 bits per heavy atom. The molecule has 1 aromatic carbocycles. The van der Waals surface area contributed by atoms with E-state index in [2.05, 4.69) is 122 Å². The molecule has 53 nitrogen and oxygen atoms in total. The number of carbonyl (C=O) groups excluding carboxylic acids is 18. The molecule has 4 heterocycles. The summed E-state index contributed by atoms with van der Waals surface area (Å²) in [4.78, 5) is 272. The molecule has 0 radical (unpaired) electrons. The number of fused-ring (bicyclic) bond motifs is 15. The van der Waals surface area contributed by atoms with Crippen molar-refractivity contribution in [2.24, 2.45) is 46.2 Å². The third-order valence-electron chi connectivity index (χ3n) is 22.1. The number of rotatable bonds is 31. The maximum atomic E-state index is 15.7. The fraction of sp³-hybridized carbons (Fsp3) is 0.651. The SMILES string of the molecule is CC[C@H](C)[C@@H]1NC(=O)[C@@H]2CSSC[C@H](NC(=O)[C@H](CCCNC(=N)N)NC(=O)[C@@H]3CSSC[C@H](NC1=O)C(=O)N[C@@H]([C@@H](C)O)C(=O)N[C@@H](CCCNC(=N)N)C(=O)NCC(=O)N[C@@H](Cc1ccccc1)C(=O)N3)C(=O)N[C@@H](CC(C)C)C(=O)N[C@H]1CSSC[C@H](NC(=O)[C@H](CCCCN)NC(=O)CNC(=O)[C@H](CCCNC(=N)N)NC(=O)[C@H](CCCNC(=N)N)NC1=O)C(=O)N[C@@H](CCCNC(=N)N)C(=O)N2. The first-order valence-electron chi connectivity index (χ1n) is 46.4. The zero-order valence-electron chi connectivity index (χ0n) is 79.8. The van der Waals surface area contributed by atoms with Gasteiger partial charge in [-0.25, -0.2) is 0 Å². The first-order chi connectivity index (χ1) is 67.5. The smallest absolute Gasteiger partial charge is 0.245 e. The summed E-state index contributed by atoms with van der Waals surface area (Å²) in [5.41, 5.74) is 34.5. The van der Waals surface area contributed by atoms with Crippen LogP contribution in [0.15, 0.2) is 30.3 Å². The maximum Gasteiger partial charge on any atom is 0.245 e. The molecule has 0 spiro atoms. The van der Waals surface area contributed by atoms with E-state index in [1.165, 1.54) is 0 Å². The highest BCUT2D eigenvalue weighted by atomic mass is 33.1. The van der Waals surface area contributed by atoms with Gasteiger partial charge in [0, 0.05) is 73.7 Å². The minimum atomic E-state index is -1.94. The van der Waals surface area contributed by atoms with Gasteiger partial charge in [-0.2, -0.15) is 0 Å². The Bertz CT molecular complexity index is 4510. The molecule has 4 aliphatic heterocycles. The summed E-state index contributed by atoms with van der Waals surface area (Å²) in [6.45, 7) is 5.85. The summed E-state index contributed by atoms with van der Waals surface area (Å²) in [7, 11) is 4.82. The highest BCUT2D eigenvalue weighted by Crippen LogP contribution is 2.28. The largest absolute Gasteiger partial charge is 0.391 e. The summed E-state index contributed by atoms with van der Waals surface area (Å²) in [6.07, 6.45) is -3.22. The predicted octanol–water partition coefficient (Wildman–Crippen LogP) is -9.66. The lowest BCUT2D eigenvalue weighted by Gasteiger charge is -2.30. The molecule has 0 saturated carbocycles. The second-order valence-electron chi connectivity index (χ2n) is 34.2. The second kappa shape index (κ2) is 64.6. The monoisotopic (exact) mass is 2110 g/mol. The van der Waals surface area contributed by atoms with Gasteiger partial charge in [-0.15, -0.1) is 0 Å². The zero-order chi connectivity index (χ0) is 105. The third-order valence-corrected chi connectivity index (χ3v) is 29.4. The van der Waals surface area contributed by atoms with Crippen LogP contribution in [-0.2, 0) is 92.7 Å². The first-order valence-corrected chi connectivity index (χ1v) is 53.9. The van der Waals surface area contributed by atoms with Crippen molar-refractivity contribution >= 4 is 201 Å². The van der Waals surface area contributed by atoms with Gasteiger partial charge in [-0.05, 0) is 121 Å². The van der Waals surface area contributed by atoms with Crippen molar-refractivity contribution in [2.45, 2.75) is 240 Å². The molecule has 41 N–H and O–H groups in total. The van der Waals surface area contributed by atoms with Crippen LogP contribution in [0, 0.1) is 38.9 Å². The van der Waals surface area contributed by atoms with E-state index in [1.54, 1.807) is 58.0 Å². The van der Waals surface area contributed by atoms with Gasteiger partial charge in [0.2, 0.25) is 106 Å². The number of benzene rings is 1. The van der Waals surface area contributed by atoms with Crippen LogP contribution in [0.2, 0.25) is 0 Å². The summed E-state index contributed by atoms with van der Waals surface area (Å²) < 4.78 is 0. The highest BCUT2D eigenvalue weighted by molar-refractivity contribution is 8.77. The van der Waals surface area contributed by atoms with Crippen LogP contribution in [0.25, 0.3) is 0 Å². The molecule has 1 aromatic rings. The van der Waals surface area contributed by atoms with E-state index in [1.807, 2.05) is 0 Å². The summed E-state index contributed by atoms with van der Waals surface area (Å²) in [5, 5.41) is 111. The highest BCUT2D eigenvalue weighted by Gasteiger charge is 2.42. The lowest BCUT2D eigenvalue weighted by Crippen LogP contribution is -2.63. The Morgan fingerprint density at radius 1 is 0.331 bits per heavy atom. The number of carbonyl (C=O) groups is 18. The minimum absolute atomic E-state index is 0.00114. The Morgan fingerprint density at radius 2 is 0.592 bits per heavy atom. The molecule has 4 fully saturated rings.